The van der Waals surface area contributed by atoms with Gasteiger partial charge in [0.1, 0.15) is 5.66 Å². The molecule has 110 valence electrons. The summed E-state index contributed by atoms with van der Waals surface area (Å²) in [4.78, 5) is 0. The molecule has 1 aliphatic carbocycles. The van der Waals surface area contributed by atoms with Crippen molar-refractivity contribution >= 4 is 30.8 Å². The first kappa shape index (κ1) is 15.1. The van der Waals surface area contributed by atoms with Crippen molar-refractivity contribution in [2.24, 2.45) is 0 Å². The van der Waals surface area contributed by atoms with Crippen LogP contribution in [0.25, 0.3) is 11.1 Å². The second-order valence-electron chi connectivity index (χ2n) is 4.77. The maximum absolute atomic E-state index is 13.0. The molecule has 0 N–H and O–H groups in total. The van der Waals surface area contributed by atoms with Gasteiger partial charge >= 0.3 is 7.60 Å². The largest absolute Gasteiger partial charge is 0.341 e. The Labute approximate surface area is 133 Å². The lowest BCUT2D eigenvalue weighted by Gasteiger charge is -2.22. The van der Waals surface area contributed by atoms with E-state index in [9.17, 15) is 4.57 Å². The molecule has 0 bridgehead atoms. The van der Waals surface area contributed by atoms with Gasteiger partial charge in [-0.2, -0.15) is 0 Å². The van der Waals surface area contributed by atoms with Crippen molar-refractivity contribution in [1.29, 1.82) is 0 Å². The van der Waals surface area contributed by atoms with Gasteiger partial charge in [-0.25, -0.2) is 0 Å². The summed E-state index contributed by atoms with van der Waals surface area (Å²) in [5.41, 5.74) is 3.12. The second-order valence-corrected chi connectivity index (χ2v) is 7.97. The highest BCUT2D eigenvalue weighted by atomic mass is 35.5. The van der Waals surface area contributed by atoms with Crippen molar-refractivity contribution in [3.8, 4) is 11.1 Å². The van der Waals surface area contributed by atoms with Crippen LogP contribution in [0.3, 0.4) is 0 Å². The summed E-state index contributed by atoms with van der Waals surface area (Å²) in [6, 6.07) is 11.1. The molecule has 0 saturated carbocycles. The van der Waals surface area contributed by atoms with Gasteiger partial charge in [0.2, 0.25) is 0 Å². The first-order chi connectivity index (χ1) is 10.00. The van der Waals surface area contributed by atoms with Crippen LogP contribution in [0.4, 0.5) is 0 Å². The summed E-state index contributed by atoms with van der Waals surface area (Å²) in [6.07, 6.45) is 0. The van der Waals surface area contributed by atoms with Crippen LogP contribution >= 0.6 is 30.8 Å². The predicted molar refractivity (Wildman–Crippen MR) is 85.4 cm³/mol. The van der Waals surface area contributed by atoms with Crippen LogP contribution in [0.15, 0.2) is 36.4 Å². The fourth-order valence-electron chi connectivity index (χ4n) is 2.80. The number of hydrogen-bond donors (Lipinski definition) is 0. The number of rotatable bonds is 3. The topological polar surface area (TPSA) is 35.5 Å². The molecule has 1 aliphatic rings. The Morgan fingerprint density at radius 3 is 1.71 bits per heavy atom. The van der Waals surface area contributed by atoms with Crippen LogP contribution in [0, 0.1) is 0 Å². The van der Waals surface area contributed by atoms with Gasteiger partial charge in [-0.1, -0.05) is 35.3 Å². The molecule has 2 aromatic carbocycles. The Bertz CT molecular complexity index is 701. The van der Waals surface area contributed by atoms with Gasteiger partial charge in [0.05, 0.1) is 0 Å². The summed E-state index contributed by atoms with van der Waals surface area (Å²) < 4.78 is 23.4. The Morgan fingerprint density at radius 1 is 0.905 bits per heavy atom. The maximum Gasteiger partial charge on any atom is 0.341 e. The monoisotopic (exact) mass is 342 g/mol. The normalized spacial score (nSPS) is 14.1. The third-order valence-electron chi connectivity index (χ3n) is 3.73. The molecule has 3 rings (SSSR count). The van der Waals surface area contributed by atoms with Crippen molar-refractivity contribution < 1.29 is 13.6 Å². The van der Waals surface area contributed by atoms with E-state index in [2.05, 4.69) is 0 Å². The zero-order chi connectivity index (χ0) is 15.2. The maximum atomic E-state index is 13.0. The lowest BCUT2D eigenvalue weighted by Crippen LogP contribution is -2.02. The first-order valence-electron chi connectivity index (χ1n) is 6.30. The smallest absolute Gasteiger partial charge is 0.311 e. The molecule has 0 aliphatic heterocycles. The van der Waals surface area contributed by atoms with Crippen LogP contribution in [-0.2, 0) is 13.6 Å². The van der Waals surface area contributed by atoms with E-state index in [1.54, 1.807) is 12.1 Å². The summed E-state index contributed by atoms with van der Waals surface area (Å²) >= 11 is 12.2. The van der Waals surface area contributed by atoms with Crippen molar-refractivity contribution in [2.75, 3.05) is 14.2 Å². The Hall–Kier alpha value is -0.830. The molecule has 2 aromatic rings. The molecule has 0 unspecified atom stereocenters. The fraction of sp³-hybridized carbons (Fsp3) is 0.200. The average Bonchev–Trinajstić information content (AvgIpc) is 2.79. The lowest BCUT2D eigenvalue weighted by atomic mass is 10.1. The minimum Gasteiger partial charge on any atom is -0.311 e. The van der Waals surface area contributed by atoms with Crippen LogP contribution in [0.2, 0.25) is 10.0 Å². The van der Waals surface area contributed by atoms with Gasteiger partial charge in [0.25, 0.3) is 0 Å². The molecule has 0 amide bonds. The van der Waals surface area contributed by atoms with Crippen molar-refractivity contribution in [2.45, 2.75) is 5.66 Å². The molecule has 0 atom stereocenters. The second kappa shape index (κ2) is 5.42. The van der Waals surface area contributed by atoms with Gasteiger partial charge in [0, 0.05) is 24.3 Å². The number of fused-ring (bicyclic) bond motifs is 3. The SMILES string of the molecule is COP(=O)(OC)C1c2cc(Cl)ccc2-c2ccc(Cl)cc21. The molecule has 0 radical (unpaired) electrons. The van der Waals surface area contributed by atoms with Gasteiger partial charge in [-0.05, 0) is 46.5 Å². The molecule has 3 nitrogen and oxygen atoms in total. The third kappa shape index (κ3) is 2.34. The lowest BCUT2D eigenvalue weighted by molar-refractivity contribution is 0.270. The van der Waals surface area contributed by atoms with Gasteiger partial charge in [0.15, 0.2) is 0 Å². The summed E-state index contributed by atoms with van der Waals surface area (Å²) in [5.74, 6) is 0. The molecule has 0 spiro atoms. The minimum atomic E-state index is -3.35. The Balaban J connectivity index is 2.32. The van der Waals surface area contributed by atoms with E-state index in [1.807, 2.05) is 24.3 Å². The summed E-state index contributed by atoms with van der Waals surface area (Å²) in [7, 11) is -0.578. The van der Waals surface area contributed by atoms with Crippen molar-refractivity contribution in [1.82, 2.24) is 0 Å². The first-order valence-corrected chi connectivity index (χ1v) is 8.67. The van der Waals surface area contributed by atoms with E-state index >= 15 is 0 Å². The van der Waals surface area contributed by atoms with Gasteiger partial charge in [-0.3, -0.25) is 4.57 Å². The van der Waals surface area contributed by atoms with Crippen molar-refractivity contribution in [3.05, 3.63) is 57.6 Å². The summed E-state index contributed by atoms with van der Waals surface area (Å²) in [6.45, 7) is 0. The highest BCUT2D eigenvalue weighted by Crippen LogP contribution is 2.67. The molecule has 6 heteroatoms. The minimum absolute atomic E-state index is 0.519. The zero-order valence-electron chi connectivity index (χ0n) is 11.5. The van der Waals surface area contributed by atoms with Crippen LogP contribution in [-0.4, -0.2) is 14.2 Å². The van der Waals surface area contributed by atoms with E-state index in [-0.39, 0.29) is 0 Å². The molecule has 0 heterocycles. The molecule has 0 saturated heterocycles. The highest BCUT2D eigenvalue weighted by molar-refractivity contribution is 7.54. The van der Waals surface area contributed by atoms with Gasteiger partial charge in [-0.15, -0.1) is 0 Å². The molecule has 0 fully saturated rings. The zero-order valence-corrected chi connectivity index (χ0v) is 13.9. The van der Waals surface area contributed by atoms with E-state index in [4.69, 9.17) is 32.2 Å². The van der Waals surface area contributed by atoms with E-state index < -0.39 is 13.3 Å². The third-order valence-corrected chi connectivity index (χ3v) is 6.41. The van der Waals surface area contributed by atoms with E-state index in [0.29, 0.717) is 10.0 Å². The number of halogens is 2. The fourth-order valence-corrected chi connectivity index (χ4v) is 4.84. The van der Waals surface area contributed by atoms with Crippen molar-refractivity contribution in [3.63, 3.8) is 0 Å². The predicted octanol–water partition coefficient (Wildman–Crippen LogP) is 5.55. The van der Waals surface area contributed by atoms with E-state index in [1.165, 1.54) is 14.2 Å². The molecular formula is C15H13Cl2O3P. The number of benzene rings is 2. The van der Waals surface area contributed by atoms with Crippen LogP contribution in [0.1, 0.15) is 16.8 Å². The highest BCUT2D eigenvalue weighted by Gasteiger charge is 2.43. The van der Waals surface area contributed by atoms with Crippen LogP contribution in [0.5, 0.6) is 0 Å². The Morgan fingerprint density at radius 2 is 1.33 bits per heavy atom. The summed E-state index contributed by atoms with van der Waals surface area (Å²) in [5, 5.41) is 1.16. The number of hydrogen-bond acceptors (Lipinski definition) is 3. The van der Waals surface area contributed by atoms with Gasteiger partial charge < -0.3 is 9.05 Å². The van der Waals surface area contributed by atoms with E-state index in [0.717, 1.165) is 22.3 Å². The Kier molecular flexibility index (Phi) is 3.89. The molecular weight excluding hydrogens is 330 g/mol. The molecule has 0 aromatic heterocycles. The standard InChI is InChI=1S/C15H13Cl2O3P/c1-19-21(18,20-2)15-13-7-9(16)3-5-11(13)12-6-4-10(17)8-14(12)15/h3-8,15H,1-2H3. The van der Waals surface area contributed by atoms with Crippen LogP contribution < -0.4 is 0 Å². The average molecular weight is 343 g/mol. The quantitative estimate of drug-likeness (QED) is 0.686. The molecule has 21 heavy (non-hydrogen) atoms.